The van der Waals surface area contributed by atoms with Crippen molar-refractivity contribution in [2.75, 3.05) is 27.4 Å². The zero-order valence-electron chi connectivity index (χ0n) is 44.7. The molecule has 1 aromatic heterocycles. The first-order valence-electron chi connectivity index (χ1n) is 27.0. The van der Waals surface area contributed by atoms with E-state index >= 15 is 0 Å². The summed E-state index contributed by atoms with van der Waals surface area (Å²) >= 11 is 0. The maximum Gasteiger partial charge on any atom is 0.329 e. The van der Waals surface area contributed by atoms with E-state index in [1.807, 2.05) is 45.9 Å². The van der Waals surface area contributed by atoms with Crippen molar-refractivity contribution in [1.29, 1.82) is 0 Å². The highest BCUT2D eigenvalue weighted by Gasteiger charge is 2.56. The van der Waals surface area contributed by atoms with Gasteiger partial charge < -0.3 is 48.1 Å². The summed E-state index contributed by atoms with van der Waals surface area (Å²) in [5.74, 6) is -6.76. The molecule has 4 aliphatic rings. The first kappa shape index (κ1) is 56.0. The highest BCUT2D eigenvalue weighted by Crippen LogP contribution is 2.40. The third-order valence-corrected chi connectivity index (χ3v) is 16.2. The van der Waals surface area contributed by atoms with Crippen LogP contribution in [0.3, 0.4) is 0 Å². The largest absolute Gasteiger partial charge is 0.488 e. The van der Waals surface area contributed by atoms with Crippen molar-refractivity contribution < 1.29 is 57.8 Å². The van der Waals surface area contributed by atoms with Crippen LogP contribution in [0.15, 0.2) is 84.1 Å². The van der Waals surface area contributed by atoms with Gasteiger partial charge in [0.15, 0.2) is 0 Å². The van der Waals surface area contributed by atoms with Crippen molar-refractivity contribution in [3.8, 4) is 5.75 Å². The van der Waals surface area contributed by atoms with Gasteiger partial charge in [-0.25, -0.2) is 4.79 Å². The summed E-state index contributed by atoms with van der Waals surface area (Å²) in [4.78, 5) is 58.9. The van der Waals surface area contributed by atoms with Crippen LogP contribution in [-0.4, -0.2) is 125 Å². The summed E-state index contributed by atoms with van der Waals surface area (Å²) < 4.78 is 39.9. The molecule has 14 unspecified atom stereocenters. The zero-order chi connectivity index (χ0) is 52.6. The molecule has 4 heterocycles. The van der Waals surface area contributed by atoms with Crippen LogP contribution in [0.5, 0.6) is 5.75 Å². The monoisotopic (exact) mass is 1010 g/mol. The van der Waals surface area contributed by atoms with E-state index in [0.29, 0.717) is 57.1 Å². The Kier molecular flexibility index (Phi) is 19.4. The highest BCUT2D eigenvalue weighted by molar-refractivity contribution is 6.39. The molecule has 3 aliphatic heterocycles. The maximum absolute atomic E-state index is 14.7. The molecule has 14 nitrogen and oxygen atoms in total. The fourth-order valence-electron chi connectivity index (χ4n) is 12.0. The number of carbonyl (C=O) groups is 4. The van der Waals surface area contributed by atoms with E-state index in [4.69, 9.17) is 28.4 Å². The van der Waals surface area contributed by atoms with E-state index in [1.54, 1.807) is 28.1 Å². The van der Waals surface area contributed by atoms with Gasteiger partial charge in [0.2, 0.25) is 5.79 Å². The van der Waals surface area contributed by atoms with E-state index in [2.05, 4.69) is 66.2 Å². The number of aliphatic hydroxyl groups is 2. The Morgan fingerprint density at radius 1 is 0.877 bits per heavy atom. The molecular weight excluding hydrogens is 929 g/mol. The van der Waals surface area contributed by atoms with Crippen LogP contribution in [0.25, 0.3) is 10.9 Å². The first-order valence-corrected chi connectivity index (χ1v) is 27.0. The van der Waals surface area contributed by atoms with E-state index in [0.717, 1.165) is 35.2 Å². The number of ketones is 2. The number of hydrogen-bond donors (Lipinski definition) is 2. The number of Topliss-reactive ketones (excluding diaryl/α,β-unsaturated/α-hetero) is 2. The van der Waals surface area contributed by atoms with Crippen LogP contribution in [0.2, 0.25) is 0 Å². The van der Waals surface area contributed by atoms with Crippen LogP contribution >= 0.6 is 0 Å². The molecule has 0 radical (unpaired) electrons. The number of piperidine rings is 1. The molecule has 2 aromatic carbocycles. The molecule has 14 heteroatoms. The fraction of sp³-hybridized carbons (Fsp3) is 0.627. The predicted molar refractivity (Wildman–Crippen MR) is 279 cm³/mol. The Bertz CT molecular complexity index is 2410. The Morgan fingerprint density at radius 3 is 2.33 bits per heavy atom. The van der Waals surface area contributed by atoms with Gasteiger partial charge >= 0.3 is 5.97 Å². The minimum absolute atomic E-state index is 0.00327. The number of ether oxygens (including phenoxy) is 6. The van der Waals surface area contributed by atoms with Crippen LogP contribution in [0.4, 0.5) is 0 Å². The van der Waals surface area contributed by atoms with Crippen molar-refractivity contribution in [3.63, 3.8) is 0 Å². The second kappa shape index (κ2) is 25.2. The molecule has 1 amide bonds. The number of aliphatic hydroxyl groups excluding tert-OH is 1. The molecular formula is C59H82N2O12. The minimum atomic E-state index is -2.51. The molecule has 400 valence electrons. The smallest absolute Gasteiger partial charge is 0.329 e. The number of aromatic nitrogens is 1. The predicted octanol–water partition coefficient (Wildman–Crippen LogP) is 8.95. The summed E-state index contributed by atoms with van der Waals surface area (Å²) in [5.41, 5.74) is 4.04. The van der Waals surface area contributed by atoms with Crippen LogP contribution in [0, 0.1) is 29.6 Å². The van der Waals surface area contributed by atoms with Crippen molar-refractivity contribution in [2.45, 2.75) is 180 Å². The summed E-state index contributed by atoms with van der Waals surface area (Å²) in [7, 11) is 3.08. The number of hydrogen-bond acceptors (Lipinski definition) is 12. The topological polar surface area (TPSA) is 172 Å². The van der Waals surface area contributed by atoms with Gasteiger partial charge in [0.05, 0.1) is 24.4 Å². The molecule has 2 bridgehead atoms. The SMILES string of the molecule is CCOC1CC(C=C(C)C2OC(=O)C3CCCCN3C(=O)C(=O)C3(O)OC(C(OC)CC(C)C/C(C)=C/C(CC)C(=O)CC(O)C2C)C(OC)CC3C)CCC1Oc1ccc2c(ccn2Cc2ccccc2)c1. The highest BCUT2D eigenvalue weighted by atomic mass is 16.7. The van der Waals surface area contributed by atoms with Crippen molar-refractivity contribution in [3.05, 3.63) is 89.7 Å². The fourth-order valence-corrected chi connectivity index (χ4v) is 12.0. The van der Waals surface area contributed by atoms with E-state index in [9.17, 15) is 29.4 Å². The van der Waals surface area contributed by atoms with Gasteiger partial charge in [-0.05, 0) is 132 Å². The van der Waals surface area contributed by atoms with Gasteiger partial charge in [-0.3, -0.25) is 14.4 Å². The molecule has 14 atom stereocenters. The lowest BCUT2D eigenvalue weighted by molar-refractivity contribution is -0.302. The van der Waals surface area contributed by atoms with Gasteiger partial charge in [-0.2, -0.15) is 0 Å². The molecule has 1 aliphatic carbocycles. The molecule has 1 saturated carbocycles. The lowest BCUT2D eigenvalue weighted by atomic mass is 9.81. The first-order chi connectivity index (χ1) is 35.0. The van der Waals surface area contributed by atoms with Crippen molar-refractivity contribution in [2.24, 2.45) is 29.6 Å². The summed E-state index contributed by atoms with van der Waals surface area (Å²) in [6.07, 6.45) is 6.67. The number of rotatable bonds is 11. The van der Waals surface area contributed by atoms with Gasteiger partial charge in [-0.1, -0.05) is 75.8 Å². The van der Waals surface area contributed by atoms with Crippen molar-refractivity contribution >= 4 is 34.3 Å². The Morgan fingerprint density at radius 2 is 1.62 bits per heavy atom. The number of esters is 1. The minimum Gasteiger partial charge on any atom is -0.488 e. The van der Waals surface area contributed by atoms with Gasteiger partial charge in [0.1, 0.15) is 35.9 Å². The van der Waals surface area contributed by atoms with Crippen LogP contribution < -0.4 is 4.74 Å². The van der Waals surface area contributed by atoms with E-state index < -0.39 is 77.8 Å². The number of cyclic esters (lactones) is 1. The number of methoxy groups -OCH3 is 2. The third-order valence-electron chi connectivity index (χ3n) is 16.2. The van der Waals surface area contributed by atoms with Gasteiger partial charge in [0.25, 0.3) is 11.7 Å². The number of fused-ring (bicyclic) bond motifs is 4. The number of nitrogens with zero attached hydrogens (tertiary/aromatic N) is 2. The summed E-state index contributed by atoms with van der Waals surface area (Å²) in [5, 5.41) is 25.2. The number of benzene rings is 2. The van der Waals surface area contributed by atoms with E-state index in [1.165, 1.54) is 10.5 Å². The Hall–Kier alpha value is -4.70. The van der Waals surface area contributed by atoms with Crippen LogP contribution in [-0.2, 0) is 49.4 Å². The summed E-state index contributed by atoms with van der Waals surface area (Å²) in [6.45, 7) is 14.6. The van der Waals surface area contributed by atoms with E-state index in [-0.39, 0.29) is 55.6 Å². The molecule has 2 N–H and O–H groups in total. The molecule has 3 fully saturated rings. The summed E-state index contributed by atoms with van der Waals surface area (Å²) in [6, 6.07) is 17.5. The second-order valence-electron chi connectivity index (χ2n) is 21.6. The standard InChI is InChI=1S/C59H82N2O12/c1-10-43-28-36(3)27-37(4)29-52(68-8)55-53(69-9)31-39(6)59(67,73-55)56(64)57(65)61-25-16-15-19-47(61)58(66)72-54(40(7)48(62)34-49(43)63)38(5)30-42-20-23-50(51(32-42)70-11-2)71-45-21-22-46-44(33-45)24-26-60(46)35-41-17-13-12-14-18-41/h12-14,17-18,21-22,24,26,28,30,33,37,39-40,42-43,47-48,50-55,62,67H,10-11,15-16,19-20,23,25,27,29,31-32,34-35H2,1-9H3/b36-28+,38-30?. The molecule has 3 aromatic rings. The number of carbonyl (C=O) groups excluding carboxylic acids is 4. The van der Waals surface area contributed by atoms with Gasteiger partial charge in [-0.15, -0.1) is 0 Å². The Labute approximate surface area is 432 Å². The second-order valence-corrected chi connectivity index (χ2v) is 21.6. The average Bonchev–Trinajstić information content (AvgIpc) is 3.78. The lowest BCUT2D eigenvalue weighted by Crippen LogP contribution is -2.64. The molecule has 2 saturated heterocycles. The normalized spacial score (nSPS) is 34.6. The molecule has 7 rings (SSSR count). The molecule has 73 heavy (non-hydrogen) atoms. The number of allylic oxidation sites excluding steroid dienone is 3. The van der Waals surface area contributed by atoms with Crippen LogP contribution in [0.1, 0.15) is 125 Å². The van der Waals surface area contributed by atoms with Crippen molar-refractivity contribution in [1.82, 2.24) is 9.47 Å². The zero-order valence-corrected chi connectivity index (χ0v) is 44.7. The van der Waals surface area contributed by atoms with Gasteiger partial charge in [0, 0.05) is 75.2 Å². The quantitative estimate of drug-likeness (QED) is 0.106. The molecule has 0 spiro atoms. The average molecular weight is 1010 g/mol. The Balaban J connectivity index is 1.15. The third kappa shape index (κ3) is 13.2. The maximum atomic E-state index is 14.7. The lowest BCUT2D eigenvalue weighted by Gasteiger charge is -2.47. The number of amides is 1.